The number of hydrogen-bond acceptors (Lipinski definition) is 6. The summed E-state index contributed by atoms with van der Waals surface area (Å²) in [6.07, 6.45) is -0.616. The number of thioether (sulfide) groups is 1. The summed E-state index contributed by atoms with van der Waals surface area (Å²) in [6.45, 7) is 2.50. The van der Waals surface area contributed by atoms with Gasteiger partial charge in [0.25, 0.3) is 0 Å². The molecule has 0 saturated carbocycles. The van der Waals surface area contributed by atoms with Crippen molar-refractivity contribution in [2.45, 2.75) is 24.8 Å². The second-order valence-electron chi connectivity index (χ2n) is 6.24. The molecule has 3 aromatic rings. The summed E-state index contributed by atoms with van der Waals surface area (Å²) >= 11 is 7.29. The Morgan fingerprint density at radius 1 is 1.11 bits per heavy atom. The molecular weight excluding hydrogens is 398 g/mol. The maximum atomic E-state index is 10.2. The van der Waals surface area contributed by atoms with Crippen molar-refractivity contribution < 1.29 is 14.6 Å². The molecule has 6 nitrogen and oxygen atoms in total. The van der Waals surface area contributed by atoms with E-state index in [1.807, 2.05) is 42.8 Å². The highest BCUT2D eigenvalue weighted by Crippen LogP contribution is 2.21. The minimum absolute atomic E-state index is 0.224. The van der Waals surface area contributed by atoms with E-state index in [0.717, 1.165) is 11.3 Å². The van der Waals surface area contributed by atoms with Gasteiger partial charge in [0.2, 0.25) is 0 Å². The summed E-state index contributed by atoms with van der Waals surface area (Å²) in [5.41, 5.74) is 1.04. The normalized spacial score (nSPS) is 12.0. The van der Waals surface area contributed by atoms with Crippen LogP contribution >= 0.6 is 23.4 Å². The molecule has 3 rings (SSSR count). The fourth-order valence-corrected chi connectivity index (χ4v) is 3.36. The molecule has 0 unspecified atom stereocenters. The van der Waals surface area contributed by atoms with Crippen LogP contribution in [0.5, 0.6) is 11.5 Å². The number of aliphatic hydroxyl groups is 1. The van der Waals surface area contributed by atoms with Crippen molar-refractivity contribution in [1.82, 2.24) is 14.8 Å². The molecule has 1 atom stereocenters. The van der Waals surface area contributed by atoms with Gasteiger partial charge in [-0.1, -0.05) is 41.6 Å². The van der Waals surface area contributed by atoms with Gasteiger partial charge in [-0.3, -0.25) is 0 Å². The fraction of sp³-hybridized carbons (Fsp3) is 0.300. The van der Waals surface area contributed by atoms with Crippen LogP contribution in [0.25, 0.3) is 0 Å². The van der Waals surface area contributed by atoms with Gasteiger partial charge in [-0.25, -0.2) is 0 Å². The Hall–Kier alpha value is -2.22. The number of aliphatic hydroxyl groups excluding tert-OH is 1. The third-order valence-corrected chi connectivity index (χ3v) is 5.45. The van der Waals surface area contributed by atoms with Gasteiger partial charge in [0.1, 0.15) is 24.7 Å². The highest BCUT2D eigenvalue weighted by atomic mass is 35.5. The molecule has 148 valence electrons. The van der Waals surface area contributed by atoms with Gasteiger partial charge >= 0.3 is 0 Å². The Labute approximate surface area is 173 Å². The topological polar surface area (TPSA) is 69.4 Å². The molecule has 0 aliphatic heterocycles. The largest absolute Gasteiger partial charge is 0.491 e. The molecule has 1 N–H and O–H groups in total. The molecule has 0 aliphatic rings. The van der Waals surface area contributed by atoms with Gasteiger partial charge in [-0.15, -0.1) is 10.2 Å². The summed E-state index contributed by atoms with van der Waals surface area (Å²) in [5, 5.41) is 19.9. The van der Waals surface area contributed by atoms with Gasteiger partial charge in [0, 0.05) is 17.8 Å². The fourth-order valence-electron chi connectivity index (χ4n) is 2.40. The summed E-state index contributed by atoms with van der Waals surface area (Å²) < 4.78 is 13.2. The number of halogens is 1. The lowest BCUT2D eigenvalue weighted by Crippen LogP contribution is -2.20. The zero-order chi connectivity index (χ0) is 19.9. The average Bonchev–Trinajstić information content (AvgIpc) is 3.05. The molecule has 0 bridgehead atoms. The van der Waals surface area contributed by atoms with E-state index >= 15 is 0 Å². The van der Waals surface area contributed by atoms with Crippen LogP contribution in [0.3, 0.4) is 0 Å². The number of hydrogen-bond donors (Lipinski definition) is 1. The average molecular weight is 420 g/mol. The standard InChI is InChI=1S/C20H22ClN3O3S/c1-14-5-3-4-6-18(14)27-11-16(25)13-28-20-23-22-19(24(20)2)12-26-17-9-7-15(21)8-10-17/h3-10,16,25H,11-13H2,1-2H3/t16-/m1/s1. The lowest BCUT2D eigenvalue weighted by molar-refractivity contribution is 0.126. The quantitative estimate of drug-likeness (QED) is 0.530. The zero-order valence-corrected chi connectivity index (χ0v) is 17.3. The van der Waals surface area contributed by atoms with Crippen molar-refractivity contribution in [3.63, 3.8) is 0 Å². The number of aryl methyl sites for hydroxylation is 1. The minimum Gasteiger partial charge on any atom is -0.491 e. The molecular formula is C20H22ClN3O3S. The summed E-state index contributed by atoms with van der Waals surface area (Å²) in [7, 11) is 1.87. The van der Waals surface area contributed by atoms with Crippen LogP contribution in [0.1, 0.15) is 11.4 Å². The van der Waals surface area contributed by atoms with Crippen molar-refractivity contribution in [3.8, 4) is 11.5 Å². The Bertz CT molecular complexity index is 902. The van der Waals surface area contributed by atoms with Gasteiger partial charge in [-0.05, 0) is 42.8 Å². The van der Waals surface area contributed by atoms with Crippen molar-refractivity contribution in [2.75, 3.05) is 12.4 Å². The Morgan fingerprint density at radius 3 is 2.61 bits per heavy atom. The molecule has 0 radical (unpaired) electrons. The number of para-hydroxylation sites is 1. The van der Waals surface area contributed by atoms with Crippen LogP contribution in [0.2, 0.25) is 5.02 Å². The summed E-state index contributed by atoms with van der Waals surface area (Å²) in [6, 6.07) is 14.9. The molecule has 1 aromatic heterocycles. The maximum Gasteiger partial charge on any atom is 0.191 e. The van der Waals surface area contributed by atoms with Crippen molar-refractivity contribution in [2.24, 2.45) is 7.05 Å². The van der Waals surface area contributed by atoms with E-state index in [4.69, 9.17) is 21.1 Å². The van der Waals surface area contributed by atoms with Crippen molar-refractivity contribution in [3.05, 3.63) is 64.9 Å². The smallest absolute Gasteiger partial charge is 0.191 e. The van der Waals surface area contributed by atoms with Crippen LogP contribution < -0.4 is 9.47 Å². The van der Waals surface area contributed by atoms with Crippen LogP contribution in [-0.2, 0) is 13.7 Å². The molecule has 0 aliphatic carbocycles. The molecule has 0 saturated heterocycles. The SMILES string of the molecule is Cc1ccccc1OC[C@@H](O)CSc1nnc(COc2ccc(Cl)cc2)n1C. The van der Waals surface area contributed by atoms with Gasteiger partial charge in [0.15, 0.2) is 11.0 Å². The van der Waals surface area contributed by atoms with E-state index in [9.17, 15) is 5.11 Å². The first-order valence-electron chi connectivity index (χ1n) is 8.79. The number of ether oxygens (including phenoxy) is 2. The first kappa shape index (κ1) is 20.5. The van der Waals surface area contributed by atoms with E-state index in [-0.39, 0.29) is 6.61 Å². The van der Waals surface area contributed by atoms with Gasteiger partial charge < -0.3 is 19.1 Å². The van der Waals surface area contributed by atoms with Gasteiger partial charge in [-0.2, -0.15) is 0 Å². The highest BCUT2D eigenvalue weighted by Gasteiger charge is 2.13. The van der Waals surface area contributed by atoms with E-state index in [1.54, 1.807) is 24.3 Å². The summed E-state index contributed by atoms with van der Waals surface area (Å²) in [4.78, 5) is 0. The number of benzene rings is 2. The van der Waals surface area contributed by atoms with E-state index in [0.29, 0.717) is 34.1 Å². The van der Waals surface area contributed by atoms with Crippen LogP contribution in [0, 0.1) is 6.92 Å². The summed E-state index contributed by atoms with van der Waals surface area (Å²) in [5.74, 6) is 2.65. The van der Waals surface area contributed by atoms with Gasteiger partial charge in [0.05, 0.1) is 6.10 Å². The second-order valence-corrected chi connectivity index (χ2v) is 7.67. The van der Waals surface area contributed by atoms with Crippen LogP contribution in [0.15, 0.2) is 53.7 Å². The molecule has 1 heterocycles. The van der Waals surface area contributed by atoms with Crippen LogP contribution in [-0.4, -0.2) is 38.3 Å². The molecule has 0 spiro atoms. The molecule has 2 aromatic carbocycles. The van der Waals surface area contributed by atoms with E-state index in [1.165, 1.54) is 11.8 Å². The molecule has 28 heavy (non-hydrogen) atoms. The maximum absolute atomic E-state index is 10.2. The molecule has 0 fully saturated rings. The Morgan fingerprint density at radius 2 is 1.86 bits per heavy atom. The predicted molar refractivity (Wildman–Crippen MR) is 110 cm³/mol. The number of rotatable bonds is 9. The molecule has 0 amide bonds. The number of aromatic nitrogens is 3. The van der Waals surface area contributed by atoms with Crippen molar-refractivity contribution in [1.29, 1.82) is 0 Å². The monoisotopic (exact) mass is 419 g/mol. The lowest BCUT2D eigenvalue weighted by atomic mass is 10.2. The third-order valence-electron chi connectivity index (χ3n) is 4.04. The zero-order valence-electron chi connectivity index (χ0n) is 15.7. The predicted octanol–water partition coefficient (Wildman–Crippen LogP) is 3.89. The lowest BCUT2D eigenvalue weighted by Gasteiger charge is -2.13. The van der Waals surface area contributed by atoms with Crippen molar-refractivity contribution >= 4 is 23.4 Å². The minimum atomic E-state index is -0.616. The Balaban J connectivity index is 1.47. The second kappa shape index (κ2) is 9.82. The first-order chi connectivity index (χ1) is 13.5. The third kappa shape index (κ3) is 5.64. The highest BCUT2D eigenvalue weighted by molar-refractivity contribution is 7.99. The Kier molecular flexibility index (Phi) is 7.19. The molecule has 8 heteroatoms. The van der Waals surface area contributed by atoms with E-state index in [2.05, 4.69) is 10.2 Å². The van der Waals surface area contributed by atoms with Crippen LogP contribution in [0.4, 0.5) is 0 Å². The van der Waals surface area contributed by atoms with E-state index < -0.39 is 6.10 Å². The number of nitrogens with zero attached hydrogens (tertiary/aromatic N) is 3. The first-order valence-corrected chi connectivity index (χ1v) is 10.1.